The molecule has 1 fully saturated rings. The van der Waals surface area contributed by atoms with Crippen LogP contribution in [0, 0.1) is 10.1 Å². The molecule has 1 aromatic carbocycles. The molecule has 116 valence electrons. The van der Waals surface area contributed by atoms with E-state index in [-0.39, 0.29) is 23.3 Å². The lowest BCUT2D eigenvalue weighted by atomic mass is 10.1. The molecule has 1 heterocycles. The summed E-state index contributed by atoms with van der Waals surface area (Å²) in [5, 5.41) is 20.6. The number of quaternary nitrogens is 1. The van der Waals surface area contributed by atoms with E-state index in [0.717, 1.165) is 12.8 Å². The normalized spacial score (nSPS) is 21.4. The molecule has 2 rings (SSSR count). The van der Waals surface area contributed by atoms with Gasteiger partial charge in [-0.15, -0.1) is 11.8 Å². The molecule has 0 aliphatic carbocycles. The number of hydrogen-bond acceptors (Lipinski definition) is 4. The van der Waals surface area contributed by atoms with Crippen molar-refractivity contribution in [1.29, 1.82) is 0 Å². The van der Waals surface area contributed by atoms with Crippen molar-refractivity contribution in [3.8, 4) is 0 Å². The fourth-order valence-electron chi connectivity index (χ4n) is 2.18. The summed E-state index contributed by atoms with van der Waals surface area (Å²) in [4.78, 5) is 22.5. The molecule has 2 N–H and O–H groups in total. The Morgan fingerprint density at radius 3 is 2.57 bits per heavy atom. The Labute approximate surface area is 137 Å². The maximum atomic E-state index is 11.0. The summed E-state index contributed by atoms with van der Waals surface area (Å²) in [6.07, 6.45) is 0.605. The molecule has 1 aliphatic rings. The molecule has 9 heteroatoms. The SMILES string of the molecule is O=C(O)[NH+]1CCC(Sc2cc(Cl)ccc2[N+](=O)[O-])CC1.[Cl-]. The zero-order valence-electron chi connectivity index (χ0n) is 10.9. The van der Waals surface area contributed by atoms with E-state index < -0.39 is 11.0 Å². The van der Waals surface area contributed by atoms with Crippen LogP contribution >= 0.6 is 23.4 Å². The molecule has 0 saturated carbocycles. The molecule has 1 aliphatic heterocycles. The fourth-order valence-corrected chi connectivity index (χ4v) is 3.71. The Hall–Kier alpha value is -1.02. The number of nitro benzene ring substituents is 1. The summed E-state index contributed by atoms with van der Waals surface area (Å²) in [7, 11) is 0. The minimum Gasteiger partial charge on any atom is -1.00 e. The summed E-state index contributed by atoms with van der Waals surface area (Å²) in [6, 6.07) is 4.50. The molecule has 0 unspecified atom stereocenters. The molecular weight excluding hydrogens is 339 g/mol. The molecule has 0 spiro atoms. The maximum absolute atomic E-state index is 11.0. The van der Waals surface area contributed by atoms with Crippen LogP contribution < -0.4 is 17.3 Å². The average Bonchev–Trinajstić information content (AvgIpc) is 2.39. The number of hydrogen-bond donors (Lipinski definition) is 2. The van der Waals surface area contributed by atoms with Crippen LogP contribution in [0.5, 0.6) is 0 Å². The number of carbonyl (C=O) groups is 1. The van der Waals surface area contributed by atoms with Crippen molar-refractivity contribution in [3.63, 3.8) is 0 Å². The van der Waals surface area contributed by atoms with Crippen LogP contribution in [0.1, 0.15) is 12.8 Å². The Kier molecular flexibility index (Phi) is 6.73. The van der Waals surface area contributed by atoms with E-state index in [2.05, 4.69) is 0 Å². The third kappa shape index (κ3) is 4.74. The predicted molar refractivity (Wildman–Crippen MR) is 75.7 cm³/mol. The van der Waals surface area contributed by atoms with Crippen molar-refractivity contribution in [2.75, 3.05) is 13.1 Å². The first kappa shape index (κ1) is 18.0. The Balaban J connectivity index is 0.00000220. The fraction of sp³-hybridized carbons (Fsp3) is 0.417. The minimum absolute atomic E-state index is 0. The number of thioether (sulfide) groups is 1. The van der Waals surface area contributed by atoms with Crippen LogP contribution in [0.3, 0.4) is 0 Å². The maximum Gasteiger partial charge on any atom is 0.511 e. The van der Waals surface area contributed by atoms with Gasteiger partial charge in [-0.05, 0) is 12.1 Å². The van der Waals surface area contributed by atoms with Crippen molar-refractivity contribution in [1.82, 2.24) is 0 Å². The summed E-state index contributed by atoms with van der Waals surface area (Å²) in [5.74, 6) is 0. The van der Waals surface area contributed by atoms with Crippen LogP contribution in [-0.2, 0) is 0 Å². The van der Waals surface area contributed by atoms with Gasteiger partial charge in [0.15, 0.2) is 0 Å². The number of benzene rings is 1. The van der Waals surface area contributed by atoms with E-state index >= 15 is 0 Å². The highest BCUT2D eigenvalue weighted by Gasteiger charge is 2.29. The zero-order chi connectivity index (χ0) is 14.7. The second kappa shape index (κ2) is 7.84. The third-order valence-electron chi connectivity index (χ3n) is 3.25. The molecule has 6 nitrogen and oxygen atoms in total. The van der Waals surface area contributed by atoms with Gasteiger partial charge in [0.1, 0.15) is 0 Å². The van der Waals surface area contributed by atoms with Gasteiger partial charge < -0.3 is 17.5 Å². The van der Waals surface area contributed by atoms with E-state index in [4.69, 9.17) is 16.7 Å². The molecule has 1 amide bonds. The summed E-state index contributed by atoms with van der Waals surface area (Å²) in [6.45, 7) is 1.09. The van der Waals surface area contributed by atoms with Crippen LogP contribution in [-0.4, -0.2) is 34.5 Å². The van der Waals surface area contributed by atoms with Gasteiger partial charge in [-0.3, -0.25) is 10.1 Å². The number of nitrogens with zero attached hydrogens (tertiary/aromatic N) is 1. The van der Waals surface area contributed by atoms with Gasteiger partial charge in [0.25, 0.3) is 5.69 Å². The second-order valence-corrected chi connectivity index (χ2v) is 6.37. The van der Waals surface area contributed by atoms with E-state index in [9.17, 15) is 14.9 Å². The first-order valence-corrected chi connectivity index (χ1v) is 7.41. The monoisotopic (exact) mass is 352 g/mol. The molecule has 0 atom stereocenters. The van der Waals surface area contributed by atoms with Gasteiger partial charge >= 0.3 is 6.09 Å². The summed E-state index contributed by atoms with van der Waals surface area (Å²) in [5.41, 5.74) is 0.0485. The number of rotatable bonds is 3. The van der Waals surface area contributed by atoms with Gasteiger partial charge in [0, 0.05) is 29.2 Å². The van der Waals surface area contributed by atoms with Crippen molar-refractivity contribution in [2.24, 2.45) is 0 Å². The molecule has 0 bridgehead atoms. The van der Waals surface area contributed by atoms with Crippen molar-refractivity contribution >= 4 is 35.1 Å². The van der Waals surface area contributed by atoms with Gasteiger partial charge in [-0.1, -0.05) is 11.6 Å². The molecule has 21 heavy (non-hydrogen) atoms. The molecule has 0 aromatic heterocycles. The highest BCUT2D eigenvalue weighted by atomic mass is 35.5. The van der Waals surface area contributed by atoms with Crippen LogP contribution in [0.15, 0.2) is 23.1 Å². The van der Waals surface area contributed by atoms with E-state index in [1.54, 1.807) is 6.07 Å². The van der Waals surface area contributed by atoms with E-state index in [1.807, 2.05) is 0 Å². The standard InChI is InChI=1S/C12H13ClN2O4S.ClH/c13-8-1-2-10(15(18)19)11(7-8)20-9-3-5-14(6-4-9)12(16)17;/h1-2,7,9H,3-6H2,(H,16,17);1H. The van der Waals surface area contributed by atoms with Gasteiger partial charge in [-0.2, -0.15) is 4.79 Å². The highest BCUT2D eigenvalue weighted by molar-refractivity contribution is 8.00. The largest absolute Gasteiger partial charge is 1.00 e. The Morgan fingerprint density at radius 1 is 1.43 bits per heavy atom. The number of nitrogens with one attached hydrogen (secondary N) is 1. The molecular formula is C12H14Cl2N2O4S. The first-order valence-electron chi connectivity index (χ1n) is 6.16. The molecule has 1 saturated heterocycles. The summed E-state index contributed by atoms with van der Waals surface area (Å²) < 4.78 is 0. The minimum atomic E-state index is -0.831. The number of halogens is 2. The quantitative estimate of drug-likeness (QED) is 0.542. The number of nitro groups is 1. The van der Waals surface area contributed by atoms with Gasteiger partial charge in [-0.25, -0.2) is 4.90 Å². The predicted octanol–water partition coefficient (Wildman–Crippen LogP) is -0.930. The number of carboxylic acid groups (broad SMARTS) is 1. The first-order chi connectivity index (χ1) is 9.47. The zero-order valence-corrected chi connectivity index (χ0v) is 13.2. The third-order valence-corrected chi connectivity index (χ3v) is 4.87. The van der Waals surface area contributed by atoms with Gasteiger partial charge in [0.2, 0.25) is 0 Å². The second-order valence-electron chi connectivity index (χ2n) is 4.60. The van der Waals surface area contributed by atoms with Crippen LogP contribution in [0.2, 0.25) is 5.02 Å². The Bertz CT molecular complexity index is 536. The lowest BCUT2D eigenvalue weighted by Gasteiger charge is -2.25. The lowest BCUT2D eigenvalue weighted by molar-refractivity contribution is -0.828. The van der Waals surface area contributed by atoms with Crippen molar-refractivity contribution < 1.29 is 32.1 Å². The van der Waals surface area contributed by atoms with Gasteiger partial charge in [0.05, 0.1) is 22.9 Å². The van der Waals surface area contributed by atoms with Crippen molar-refractivity contribution in [3.05, 3.63) is 33.3 Å². The number of piperidine rings is 1. The smallest absolute Gasteiger partial charge is 0.511 e. The van der Waals surface area contributed by atoms with Crippen molar-refractivity contribution in [2.45, 2.75) is 23.0 Å². The summed E-state index contributed by atoms with van der Waals surface area (Å²) >= 11 is 7.30. The topological polar surface area (TPSA) is 84.9 Å². The Morgan fingerprint density at radius 2 is 2.05 bits per heavy atom. The lowest BCUT2D eigenvalue weighted by Crippen LogP contribution is -3.15. The molecule has 1 aromatic rings. The van der Waals surface area contributed by atoms with E-state index in [0.29, 0.717) is 27.9 Å². The number of likely N-dealkylation sites (tertiary alicyclic amines) is 1. The highest BCUT2D eigenvalue weighted by Crippen LogP contribution is 2.36. The average molecular weight is 353 g/mol. The van der Waals surface area contributed by atoms with Crippen LogP contribution in [0.4, 0.5) is 10.5 Å². The number of amides is 1. The molecule has 0 radical (unpaired) electrons. The van der Waals surface area contributed by atoms with Crippen LogP contribution in [0.25, 0.3) is 0 Å². The van der Waals surface area contributed by atoms with E-state index in [1.165, 1.54) is 23.9 Å².